The van der Waals surface area contributed by atoms with Crippen molar-refractivity contribution in [2.45, 2.75) is 58.0 Å². The predicted molar refractivity (Wildman–Crippen MR) is 147 cm³/mol. The minimum atomic E-state index is -0.896. The van der Waals surface area contributed by atoms with Gasteiger partial charge in [-0.05, 0) is 78.6 Å². The third kappa shape index (κ3) is 4.92. The molecule has 0 fully saturated rings. The molecule has 0 unspecified atom stereocenters. The van der Waals surface area contributed by atoms with Gasteiger partial charge >= 0.3 is 5.97 Å². The van der Waals surface area contributed by atoms with E-state index in [9.17, 15) is 19.1 Å². The van der Waals surface area contributed by atoms with Crippen molar-refractivity contribution in [2.24, 2.45) is 0 Å². The summed E-state index contributed by atoms with van der Waals surface area (Å²) in [4.78, 5) is 27.0. The molecule has 9 heteroatoms. The Labute approximate surface area is 231 Å². The molecule has 206 valence electrons. The topological polar surface area (TPSA) is 97.5 Å². The number of aryl methyl sites for hydroxylation is 2. The molecule has 40 heavy (non-hydrogen) atoms. The molecule has 8 nitrogen and oxygen atoms in total. The van der Waals surface area contributed by atoms with E-state index in [0.717, 1.165) is 58.1 Å². The van der Waals surface area contributed by atoms with Crippen LogP contribution in [-0.2, 0) is 24.3 Å². The monoisotopic (exact) mass is 542 g/mol. The minimum Gasteiger partial charge on any atom is -0.493 e. The number of hydrogen-bond acceptors (Lipinski definition) is 5. The van der Waals surface area contributed by atoms with Crippen molar-refractivity contribution in [1.82, 2.24) is 19.9 Å². The number of carboxylic acid groups (broad SMARTS) is 1. The zero-order valence-corrected chi connectivity index (χ0v) is 22.4. The van der Waals surface area contributed by atoms with Crippen LogP contribution in [-0.4, -0.2) is 50.0 Å². The van der Waals surface area contributed by atoms with Gasteiger partial charge in [-0.1, -0.05) is 29.5 Å². The largest absolute Gasteiger partial charge is 0.493 e. The van der Waals surface area contributed by atoms with E-state index >= 15 is 0 Å². The molecule has 1 amide bonds. The molecule has 1 aromatic heterocycles. The van der Waals surface area contributed by atoms with Crippen LogP contribution in [0.2, 0.25) is 0 Å². The Bertz CT molecular complexity index is 1610. The average molecular weight is 543 g/mol. The number of carboxylic acids is 1. The molecular formula is C31H31FN4O4. The first kappa shape index (κ1) is 26.0. The lowest BCUT2D eigenvalue weighted by Crippen LogP contribution is -2.36. The van der Waals surface area contributed by atoms with E-state index in [1.54, 1.807) is 11.0 Å². The van der Waals surface area contributed by atoms with Crippen LogP contribution in [0.25, 0.3) is 11.0 Å². The van der Waals surface area contributed by atoms with Crippen molar-refractivity contribution in [3.05, 3.63) is 87.7 Å². The fourth-order valence-electron chi connectivity index (χ4n) is 5.93. The molecule has 6 heterocycles. The molecule has 0 radical (unpaired) electrons. The van der Waals surface area contributed by atoms with Gasteiger partial charge in [-0.15, -0.1) is 5.10 Å². The third-order valence-electron chi connectivity index (χ3n) is 8.12. The lowest BCUT2D eigenvalue weighted by molar-refractivity contribution is -0.137. The molecule has 0 spiro atoms. The Hall–Kier alpha value is -4.27. The Kier molecular flexibility index (Phi) is 6.96. The summed E-state index contributed by atoms with van der Waals surface area (Å²) in [6, 6.07) is 14.4. The lowest BCUT2D eigenvalue weighted by atomic mass is 9.83. The first-order valence-electron chi connectivity index (χ1n) is 13.8. The molecule has 5 aliphatic rings. The Morgan fingerprint density at radius 2 is 1.95 bits per heavy atom. The molecule has 0 saturated carbocycles. The Morgan fingerprint density at radius 1 is 1.07 bits per heavy atom. The van der Waals surface area contributed by atoms with Gasteiger partial charge in [0.15, 0.2) is 0 Å². The van der Waals surface area contributed by atoms with Gasteiger partial charge in [0.2, 0.25) is 0 Å². The second-order valence-electron chi connectivity index (χ2n) is 10.7. The van der Waals surface area contributed by atoms with Gasteiger partial charge in [0.1, 0.15) is 17.1 Å². The molecule has 9 rings (SSSR count). The van der Waals surface area contributed by atoms with Crippen LogP contribution in [0.1, 0.15) is 69.8 Å². The third-order valence-corrected chi connectivity index (χ3v) is 8.12. The highest BCUT2D eigenvalue weighted by atomic mass is 19.1. The summed E-state index contributed by atoms with van der Waals surface area (Å²) in [5.74, 6) is -1.85. The van der Waals surface area contributed by atoms with Gasteiger partial charge in [0.05, 0.1) is 24.1 Å². The zero-order chi connectivity index (χ0) is 27.8. The number of hydrogen-bond donors (Lipinski definition) is 1. The summed E-state index contributed by atoms with van der Waals surface area (Å²) in [6.45, 7) is 3.92. The lowest BCUT2D eigenvalue weighted by Gasteiger charge is -2.30. The van der Waals surface area contributed by atoms with Crippen molar-refractivity contribution in [3.63, 3.8) is 0 Å². The van der Waals surface area contributed by atoms with Gasteiger partial charge in [-0.25, -0.2) is 9.07 Å². The summed E-state index contributed by atoms with van der Waals surface area (Å²) in [7, 11) is 0. The van der Waals surface area contributed by atoms with E-state index in [1.165, 1.54) is 12.1 Å². The van der Waals surface area contributed by atoms with Gasteiger partial charge in [0.25, 0.3) is 5.91 Å². The first-order valence-corrected chi connectivity index (χ1v) is 13.8. The van der Waals surface area contributed by atoms with E-state index in [4.69, 9.17) is 4.74 Å². The average Bonchev–Trinajstić information content (AvgIpc) is 3.36. The molecule has 0 aliphatic carbocycles. The highest BCUT2D eigenvalue weighted by molar-refractivity contribution is 5.94. The van der Waals surface area contributed by atoms with E-state index in [-0.39, 0.29) is 17.9 Å². The summed E-state index contributed by atoms with van der Waals surface area (Å²) < 4.78 is 22.6. The number of carbonyl (C=O) groups is 2. The maximum atomic E-state index is 15.0. The zero-order valence-electron chi connectivity index (χ0n) is 22.4. The van der Waals surface area contributed by atoms with Crippen LogP contribution in [0, 0.1) is 12.7 Å². The summed E-state index contributed by atoms with van der Waals surface area (Å²) in [5.41, 5.74) is 6.44. The maximum Gasteiger partial charge on any atom is 0.304 e. The highest BCUT2D eigenvalue weighted by Crippen LogP contribution is 2.35. The maximum absolute atomic E-state index is 15.0. The van der Waals surface area contributed by atoms with Crippen molar-refractivity contribution >= 4 is 22.9 Å². The number of halogens is 1. The summed E-state index contributed by atoms with van der Waals surface area (Å²) in [5, 5.41) is 18.7. The van der Waals surface area contributed by atoms with E-state index < -0.39 is 17.7 Å². The van der Waals surface area contributed by atoms with E-state index in [0.29, 0.717) is 38.4 Å². The van der Waals surface area contributed by atoms with Crippen LogP contribution >= 0.6 is 0 Å². The SMILES string of the molecule is Cc1c2ccc3c1nnn3CCCCCOc1ccc(c(F)c1)C(=O)N1CCc3ccc(cc3C1)[C@@H]2CC(=O)O. The van der Waals surface area contributed by atoms with Crippen LogP contribution in [0.4, 0.5) is 4.39 Å². The second kappa shape index (κ2) is 10.7. The van der Waals surface area contributed by atoms with Gasteiger partial charge < -0.3 is 14.7 Å². The van der Waals surface area contributed by atoms with Crippen molar-refractivity contribution in [1.29, 1.82) is 0 Å². The van der Waals surface area contributed by atoms with Crippen LogP contribution in [0.5, 0.6) is 5.75 Å². The molecule has 5 aliphatic heterocycles. The Balaban J connectivity index is 1.42. The molecule has 1 atom stereocenters. The number of amides is 1. The van der Waals surface area contributed by atoms with Crippen LogP contribution in [0.3, 0.4) is 0 Å². The molecule has 3 aromatic carbocycles. The summed E-state index contributed by atoms with van der Waals surface area (Å²) >= 11 is 0. The first-order chi connectivity index (χ1) is 19.4. The number of nitrogens with zero attached hydrogens (tertiary/aromatic N) is 4. The second-order valence-corrected chi connectivity index (χ2v) is 10.7. The molecule has 0 saturated heterocycles. The van der Waals surface area contributed by atoms with Crippen molar-refractivity contribution < 1.29 is 23.8 Å². The molecule has 9 bridgehead atoms. The fourth-order valence-corrected chi connectivity index (χ4v) is 5.93. The number of rotatable bonds is 2. The number of benzene rings is 3. The van der Waals surface area contributed by atoms with Gasteiger partial charge in [-0.3, -0.25) is 9.59 Å². The quantitative estimate of drug-likeness (QED) is 0.372. The normalized spacial score (nSPS) is 17.7. The number of ether oxygens (including phenoxy) is 1. The van der Waals surface area contributed by atoms with Crippen LogP contribution in [0.15, 0.2) is 48.5 Å². The Morgan fingerprint density at radius 3 is 2.77 bits per heavy atom. The van der Waals surface area contributed by atoms with Crippen molar-refractivity contribution in [2.75, 3.05) is 13.2 Å². The van der Waals surface area contributed by atoms with Gasteiger partial charge in [-0.2, -0.15) is 0 Å². The van der Waals surface area contributed by atoms with E-state index in [1.807, 2.05) is 41.9 Å². The predicted octanol–water partition coefficient (Wildman–Crippen LogP) is 5.25. The van der Waals surface area contributed by atoms with Crippen LogP contribution < -0.4 is 4.74 Å². The van der Waals surface area contributed by atoms with Crippen molar-refractivity contribution in [3.8, 4) is 5.75 Å². The standard InChI is InChI=1S/C31H31FN4O4/c1-19-24-9-10-28-30(19)33-34-36(28)12-3-2-4-14-40-23-7-8-25(27(32)16-23)31(39)35-13-11-20-5-6-21(15-22(20)18-35)26(24)17-29(37)38/h5-10,15-16,26H,2-4,11-14,17-18H2,1H3,(H,37,38)/t26-/m0/s1. The molecular weight excluding hydrogens is 511 g/mol. The fraction of sp³-hybridized carbons (Fsp3) is 0.355. The van der Waals surface area contributed by atoms with E-state index in [2.05, 4.69) is 10.3 Å². The highest BCUT2D eigenvalue weighted by Gasteiger charge is 2.27. The smallest absolute Gasteiger partial charge is 0.304 e. The number of aromatic nitrogens is 3. The number of carbonyl (C=O) groups excluding carboxylic acids is 1. The molecule has 1 N–H and O–H groups in total. The number of aliphatic carboxylic acids is 1. The van der Waals surface area contributed by atoms with Gasteiger partial charge in [0, 0.05) is 31.6 Å². The molecule has 4 aromatic rings. The summed E-state index contributed by atoms with van der Waals surface area (Å²) in [6.07, 6.45) is 3.12. The minimum absolute atomic E-state index is 0.0204.